The minimum atomic E-state index is 0.823. The predicted octanol–water partition coefficient (Wildman–Crippen LogP) is 12.3. The van der Waals surface area contributed by atoms with Crippen molar-refractivity contribution in [2.45, 2.75) is 0 Å². The van der Waals surface area contributed by atoms with E-state index in [1.54, 1.807) is 6.26 Å². The molecule has 0 amide bonds. The average molecular weight is 561 g/mol. The fourth-order valence-corrected chi connectivity index (χ4v) is 7.49. The number of fused-ring (bicyclic) bond motifs is 10. The Morgan fingerprint density at radius 2 is 0.909 bits per heavy atom. The lowest BCUT2D eigenvalue weighted by Gasteiger charge is -2.20. The van der Waals surface area contributed by atoms with Crippen molar-refractivity contribution in [3.63, 3.8) is 0 Å². The van der Waals surface area contributed by atoms with E-state index in [-0.39, 0.29) is 0 Å². The van der Waals surface area contributed by atoms with Crippen LogP contribution in [0.4, 0.5) is 0 Å². The molecule has 0 aliphatic heterocycles. The van der Waals surface area contributed by atoms with Crippen molar-refractivity contribution in [2.24, 2.45) is 0 Å². The first-order chi connectivity index (χ1) is 21.8. The molecular weight excluding hydrogens is 536 g/mol. The Hall–Kier alpha value is -5.86. The van der Waals surface area contributed by atoms with Crippen LogP contribution in [0.3, 0.4) is 0 Å². The molecule has 204 valence electrons. The van der Waals surface area contributed by atoms with Gasteiger partial charge in [0.1, 0.15) is 16.7 Å². The molecule has 8 aromatic carbocycles. The normalized spacial score (nSPS) is 12.1. The molecule has 44 heavy (non-hydrogen) atoms. The van der Waals surface area contributed by atoms with Crippen LogP contribution in [-0.4, -0.2) is 0 Å². The molecule has 0 aliphatic rings. The van der Waals surface area contributed by atoms with Crippen molar-refractivity contribution in [3.05, 3.63) is 146 Å². The summed E-state index contributed by atoms with van der Waals surface area (Å²) in [6.07, 6.45) is 1.76. The minimum Gasteiger partial charge on any atom is -0.464 e. The molecule has 0 bridgehead atoms. The van der Waals surface area contributed by atoms with Gasteiger partial charge in [0.2, 0.25) is 0 Å². The lowest BCUT2D eigenvalue weighted by Crippen LogP contribution is -1.92. The van der Waals surface area contributed by atoms with Gasteiger partial charge in [0.05, 0.1) is 11.6 Å². The maximum Gasteiger partial charge on any atom is 0.147 e. The van der Waals surface area contributed by atoms with Gasteiger partial charge in [-0.25, -0.2) is 0 Å². The van der Waals surface area contributed by atoms with E-state index in [1.165, 1.54) is 59.8 Å². The van der Waals surface area contributed by atoms with Crippen molar-refractivity contribution in [2.75, 3.05) is 0 Å². The Morgan fingerprint density at radius 1 is 0.364 bits per heavy atom. The number of furan rings is 2. The fourth-order valence-electron chi connectivity index (χ4n) is 7.49. The van der Waals surface area contributed by atoms with Crippen LogP contribution < -0.4 is 0 Å². The number of benzene rings is 8. The van der Waals surface area contributed by atoms with E-state index < -0.39 is 0 Å². The number of hydrogen-bond donors (Lipinski definition) is 0. The van der Waals surface area contributed by atoms with Crippen molar-refractivity contribution >= 4 is 76.0 Å². The zero-order valence-electron chi connectivity index (χ0n) is 23.7. The Kier molecular flexibility index (Phi) is 4.75. The standard InChI is InChI=1S/C42H24O2/c1-2-12-26-25(11-1)23-35(28-14-4-3-13-27(26)28)39-29-15-5-7-17-31(29)40(32-18-8-6-16-30(32)39)36-24-38-34(21-22-43-38)42-41(36)33-19-9-10-20-37(33)44-42/h1-24H. The van der Waals surface area contributed by atoms with Gasteiger partial charge < -0.3 is 8.83 Å². The molecule has 2 heteroatoms. The van der Waals surface area contributed by atoms with Crippen LogP contribution in [0.5, 0.6) is 0 Å². The van der Waals surface area contributed by atoms with E-state index in [9.17, 15) is 0 Å². The third kappa shape index (κ3) is 3.14. The Labute approximate surface area is 252 Å². The second kappa shape index (κ2) is 8.82. The van der Waals surface area contributed by atoms with Gasteiger partial charge in [0, 0.05) is 10.8 Å². The summed E-state index contributed by atoms with van der Waals surface area (Å²) < 4.78 is 12.6. The Bertz CT molecular complexity index is 2720. The number of hydrogen-bond acceptors (Lipinski definition) is 2. The Balaban J connectivity index is 1.43. The van der Waals surface area contributed by atoms with E-state index in [2.05, 4.69) is 127 Å². The summed E-state index contributed by atoms with van der Waals surface area (Å²) in [6.45, 7) is 0. The molecule has 0 unspecified atom stereocenters. The average Bonchev–Trinajstić information content (AvgIpc) is 3.72. The van der Waals surface area contributed by atoms with Crippen LogP contribution in [0, 0.1) is 0 Å². The van der Waals surface area contributed by atoms with Gasteiger partial charge in [-0.3, -0.25) is 0 Å². The van der Waals surface area contributed by atoms with Crippen LogP contribution in [0.1, 0.15) is 0 Å². The molecule has 0 fully saturated rings. The van der Waals surface area contributed by atoms with Gasteiger partial charge in [0.15, 0.2) is 0 Å². The van der Waals surface area contributed by atoms with Gasteiger partial charge >= 0.3 is 0 Å². The van der Waals surface area contributed by atoms with Crippen molar-refractivity contribution in [1.82, 2.24) is 0 Å². The minimum absolute atomic E-state index is 0.823. The molecule has 2 nitrogen and oxygen atoms in total. The van der Waals surface area contributed by atoms with Crippen LogP contribution in [0.25, 0.3) is 98.3 Å². The van der Waals surface area contributed by atoms with Crippen LogP contribution in [0.15, 0.2) is 155 Å². The maximum atomic E-state index is 6.53. The second-order valence-electron chi connectivity index (χ2n) is 11.6. The first-order valence-corrected chi connectivity index (χ1v) is 15.0. The zero-order valence-corrected chi connectivity index (χ0v) is 23.7. The van der Waals surface area contributed by atoms with Crippen LogP contribution in [0.2, 0.25) is 0 Å². The van der Waals surface area contributed by atoms with E-state index in [1.807, 2.05) is 12.1 Å². The van der Waals surface area contributed by atoms with Crippen molar-refractivity contribution in [3.8, 4) is 22.3 Å². The molecule has 0 radical (unpaired) electrons. The van der Waals surface area contributed by atoms with Gasteiger partial charge in [-0.2, -0.15) is 0 Å². The summed E-state index contributed by atoms with van der Waals surface area (Å²) in [4.78, 5) is 0. The van der Waals surface area contributed by atoms with Gasteiger partial charge in [-0.15, -0.1) is 0 Å². The summed E-state index contributed by atoms with van der Waals surface area (Å²) in [7, 11) is 0. The highest BCUT2D eigenvalue weighted by atomic mass is 16.3. The molecule has 0 saturated carbocycles. The van der Waals surface area contributed by atoms with Crippen LogP contribution >= 0.6 is 0 Å². The summed E-state index contributed by atoms with van der Waals surface area (Å²) in [5.41, 5.74) is 7.39. The summed E-state index contributed by atoms with van der Waals surface area (Å²) in [5, 5.41) is 13.1. The first kappa shape index (κ1) is 23.7. The monoisotopic (exact) mass is 560 g/mol. The SMILES string of the molecule is c1ccc2c(c1)cc(-c1c3ccccc3c(-c3cc4occc4c4oc5ccccc5c34)c3ccccc13)c1ccccc12. The van der Waals surface area contributed by atoms with Gasteiger partial charge in [-0.05, 0) is 89.6 Å². The van der Waals surface area contributed by atoms with E-state index in [0.717, 1.165) is 38.5 Å². The van der Waals surface area contributed by atoms with Gasteiger partial charge in [-0.1, -0.05) is 115 Å². The van der Waals surface area contributed by atoms with E-state index >= 15 is 0 Å². The fraction of sp³-hybridized carbons (Fsp3) is 0. The number of para-hydroxylation sites is 1. The zero-order chi connectivity index (χ0) is 28.8. The second-order valence-corrected chi connectivity index (χ2v) is 11.6. The molecule has 10 rings (SSSR count). The summed E-state index contributed by atoms with van der Waals surface area (Å²) in [5.74, 6) is 0. The third-order valence-electron chi connectivity index (χ3n) is 9.32. The predicted molar refractivity (Wildman–Crippen MR) is 184 cm³/mol. The van der Waals surface area contributed by atoms with E-state index in [4.69, 9.17) is 8.83 Å². The molecule has 2 aromatic heterocycles. The molecule has 0 saturated heterocycles. The highest BCUT2D eigenvalue weighted by Gasteiger charge is 2.23. The smallest absolute Gasteiger partial charge is 0.147 e. The molecule has 0 aliphatic carbocycles. The largest absolute Gasteiger partial charge is 0.464 e. The maximum absolute atomic E-state index is 6.53. The topological polar surface area (TPSA) is 26.3 Å². The van der Waals surface area contributed by atoms with E-state index in [0.29, 0.717) is 0 Å². The molecule has 0 spiro atoms. The summed E-state index contributed by atoms with van der Waals surface area (Å²) in [6, 6.07) is 50.2. The van der Waals surface area contributed by atoms with Crippen LogP contribution in [-0.2, 0) is 0 Å². The lowest BCUT2D eigenvalue weighted by molar-refractivity contribution is 0.615. The molecule has 0 atom stereocenters. The first-order valence-electron chi connectivity index (χ1n) is 15.0. The molecular formula is C42H24O2. The van der Waals surface area contributed by atoms with Gasteiger partial charge in [0.25, 0.3) is 0 Å². The quantitative estimate of drug-likeness (QED) is 0.155. The highest BCUT2D eigenvalue weighted by molar-refractivity contribution is 6.30. The summed E-state index contributed by atoms with van der Waals surface area (Å²) >= 11 is 0. The molecule has 0 N–H and O–H groups in total. The molecule has 2 heterocycles. The highest BCUT2D eigenvalue weighted by Crippen LogP contribution is 2.49. The van der Waals surface area contributed by atoms with Crippen molar-refractivity contribution < 1.29 is 8.83 Å². The lowest BCUT2D eigenvalue weighted by atomic mass is 9.83. The Morgan fingerprint density at radius 3 is 1.61 bits per heavy atom. The molecule has 10 aromatic rings. The third-order valence-corrected chi connectivity index (χ3v) is 9.32. The van der Waals surface area contributed by atoms with Crippen molar-refractivity contribution in [1.29, 1.82) is 0 Å². The number of rotatable bonds is 2.